The van der Waals surface area contributed by atoms with E-state index in [1.165, 1.54) is 0 Å². The van der Waals surface area contributed by atoms with E-state index >= 15 is 0 Å². The molecule has 0 fully saturated rings. The molecule has 1 N–H and O–H groups in total. The van der Waals surface area contributed by atoms with Crippen LogP contribution in [0.3, 0.4) is 0 Å². The Bertz CT molecular complexity index is 732. The summed E-state index contributed by atoms with van der Waals surface area (Å²) < 4.78 is 32.6. The van der Waals surface area contributed by atoms with Crippen LogP contribution in [0.15, 0.2) is 54.6 Å². The number of nitrogens with one attached hydrogen (secondary N) is 1. The Balaban J connectivity index is 1.85. The standard InChI is InChI=1S/C19H25NO3S/c1-19(2,3)23-18-11-9-17(10-12-18)15-20-24(21,22)14-13-16-7-5-4-6-8-16/h4-12,20H,13-15H2,1-3H3. The van der Waals surface area contributed by atoms with Crippen molar-refractivity contribution in [2.45, 2.75) is 39.3 Å². The van der Waals surface area contributed by atoms with Crippen LogP contribution in [-0.2, 0) is 23.0 Å². The molecule has 24 heavy (non-hydrogen) atoms. The van der Waals surface area contributed by atoms with Crippen LogP contribution in [0, 0.1) is 0 Å². The number of aryl methyl sites for hydroxylation is 1. The monoisotopic (exact) mass is 347 g/mol. The molecule has 0 bridgehead atoms. The Kier molecular flexibility index (Phi) is 6.02. The van der Waals surface area contributed by atoms with Crippen molar-refractivity contribution in [2.24, 2.45) is 0 Å². The van der Waals surface area contributed by atoms with Crippen LogP contribution < -0.4 is 9.46 Å². The molecule has 0 aliphatic rings. The van der Waals surface area contributed by atoms with Gasteiger partial charge in [-0.1, -0.05) is 42.5 Å². The third-order valence-corrected chi connectivity index (χ3v) is 4.67. The first-order chi connectivity index (χ1) is 11.2. The van der Waals surface area contributed by atoms with E-state index < -0.39 is 10.0 Å². The minimum absolute atomic E-state index is 0.0855. The average Bonchev–Trinajstić information content (AvgIpc) is 2.52. The zero-order valence-electron chi connectivity index (χ0n) is 14.5. The van der Waals surface area contributed by atoms with Crippen molar-refractivity contribution in [1.29, 1.82) is 0 Å². The first-order valence-corrected chi connectivity index (χ1v) is 9.68. The lowest BCUT2D eigenvalue weighted by molar-refractivity contribution is 0.131. The normalized spacial score (nSPS) is 12.1. The van der Waals surface area contributed by atoms with Crippen LogP contribution in [0.25, 0.3) is 0 Å². The average molecular weight is 347 g/mol. The maximum atomic E-state index is 12.1. The summed E-state index contributed by atoms with van der Waals surface area (Å²) in [4.78, 5) is 0. The second kappa shape index (κ2) is 7.81. The summed E-state index contributed by atoms with van der Waals surface area (Å²) in [6, 6.07) is 17.1. The van der Waals surface area contributed by atoms with Gasteiger partial charge in [0.1, 0.15) is 11.4 Å². The molecule has 0 amide bonds. The molecule has 0 saturated carbocycles. The molecule has 0 heterocycles. The van der Waals surface area contributed by atoms with Crippen molar-refractivity contribution in [3.8, 4) is 5.75 Å². The van der Waals surface area contributed by atoms with Gasteiger partial charge >= 0.3 is 0 Å². The Labute approximate surface area is 144 Å². The number of ether oxygens (including phenoxy) is 1. The van der Waals surface area contributed by atoms with E-state index in [1.807, 2.05) is 75.4 Å². The Morgan fingerprint density at radius 1 is 0.917 bits per heavy atom. The zero-order chi connectivity index (χ0) is 17.6. The smallest absolute Gasteiger partial charge is 0.212 e. The predicted molar refractivity (Wildman–Crippen MR) is 97.6 cm³/mol. The van der Waals surface area contributed by atoms with E-state index in [1.54, 1.807) is 0 Å². The lowest BCUT2D eigenvalue weighted by Gasteiger charge is -2.21. The second-order valence-corrected chi connectivity index (χ2v) is 8.66. The van der Waals surface area contributed by atoms with Gasteiger partial charge in [-0.25, -0.2) is 13.1 Å². The van der Waals surface area contributed by atoms with Crippen LogP contribution in [0.2, 0.25) is 0 Å². The Hall–Kier alpha value is -1.85. The molecule has 0 radical (unpaired) electrons. The molecular weight excluding hydrogens is 322 g/mol. The van der Waals surface area contributed by atoms with Gasteiger partial charge in [-0.3, -0.25) is 0 Å². The first-order valence-electron chi connectivity index (χ1n) is 8.03. The van der Waals surface area contributed by atoms with E-state index in [-0.39, 0.29) is 17.9 Å². The number of benzene rings is 2. The highest BCUT2D eigenvalue weighted by atomic mass is 32.2. The summed E-state index contributed by atoms with van der Waals surface area (Å²) in [5, 5.41) is 0. The largest absolute Gasteiger partial charge is 0.488 e. The van der Waals surface area contributed by atoms with Crippen LogP contribution in [0.4, 0.5) is 0 Å². The number of sulfonamides is 1. The summed E-state index contributed by atoms with van der Waals surface area (Å²) in [6.07, 6.45) is 0.508. The topological polar surface area (TPSA) is 55.4 Å². The molecule has 2 aromatic rings. The van der Waals surface area contributed by atoms with Gasteiger partial charge in [0.05, 0.1) is 5.75 Å². The highest BCUT2D eigenvalue weighted by molar-refractivity contribution is 7.89. The third kappa shape index (κ3) is 6.72. The van der Waals surface area contributed by atoms with Gasteiger partial charge in [0.25, 0.3) is 0 Å². The van der Waals surface area contributed by atoms with Gasteiger partial charge in [0.2, 0.25) is 10.0 Å². The highest BCUT2D eigenvalue weighted by Crippen LogP contribution is 2.18. The van der Waals surface area contributed by atoms with Crippen LogP contribution in [-0.4, -0.2) is 19.8 Å². The fourth-order valence-corrected chi connectivity index (χ4v) is 3.23. The lowest BCUT2D eigenvalue weighted by Crippen LogP contribution is -2.27. The molecule has 0 atom stereocenters. The molecule has 0 aliphatic carbocycles. The molecule has 5 heteroatoms. The van der Waals surface area contributed by atoms with E-state index in [0.29, 0.717) is 6.42 Å². The SMILES string of the molecule is CC(C)(C)Oc1ccc(CNS(=O)(=O)CCc2ccccc2)cc1. The minimum Gasteiger partial charge on any atom is -0.488 e. The van der Waals surface area contributed by atoms with Gasteiger partial charge in [0, 0.05) is 6.54 Å². The molecular formula is C19H25NO3S. The van der Waals surface area contributed by atoms with Gasteiger partial charge in [-0.05, 0) is 50.5 Å². The molecule has 2 aromatic carbocycles. The minimum atomic E-state index is -3.30. The van der Waals surface area contributed by atoms with Crippen LogP contribution in [0.5, 0.6) is 5.75 Å². The second-order valence-electron chi connectivity index (χ2n) is 6.73. The Morgan fingerprint density at radius 3 is 2.12 bits per heavy atom. The van der Waals surface area contributed by atoms with Crippen LogP contribution in [0.1, 0.15) is 31.9 Å². The summed E-state index contributed by atoms with van der Waals surface area (Å²) in [7, 11) is -3.30. The van der Waals surface area contributed by atoms with Gasteiger partial charge in [-0.15, -0.1) is 0 Å². The molecule has 2 rings (SSSR count). The zero-order valence-corrected chi connectivity index (χ0v) is 15.3. The van der Waals surface area contributed by atoms with Crippen molar-refractivity contribution in [3.63, 3.8) is 0 Å². The van der Waals surface area contributed by atoms with Gasteiger partial charge < -0.3 is 4.74 Å². The molecule has 0 aliphatic heterocycles. The quantitative estimate of drug-likeness (QED) is 0.834. The molecule has 0 spiro atoms. The number of rotatable bonds is 7. The van der Waals surface area contributed by atoms with E-state index in [9.17, 15) is 8.42 Å². The molecule has 0 unspecified atom stereocenters. The van der Waals surface area contributed by atoms with E-state index in [4.69, 9.17) is 4.74 Å². The first kappa shape index (κ1) is 18.5. The molecule has 0 saturated heterocycles. The summed E-state index contributed by atoms with van der Waals surface area (Å²) in [5.74, 6) is 0.862. The number of hydrogen-bond donors (Lipinski definition) is 1. The highest BCUT2D eigenvalue weighted by Gasteiger charge is 2.12. The van der Waals surface area contributed by atoms with Gasteiger partial charge in [-0.2, -0.15) is 0 Å². The van der Waals surface area contributed by atoms with Crippen LogP contribution >= 0.6 is 0 Å². The van der Waals surface area contributed by atoms with E-state index in [0.717, 1.165) is 16.9 Å². The molecule has 4 nitrogen and oxygen atoms in total. The van der Waals surface area contributed by atoms with Crippen molar-refractivity contribution in [3.05, 3.63) is 65.7 Å². The third-order valence-electron chi connectivity index (χ3n) is 3.35. The van der Waals surface area contributed by atoms with Gasteiger partial charge in [0.15, 0.2) is 0 Å². The molecule has 130 valence electrons. The van der Waals surface area contributed by atoms with E-state index in [2.05, 4.69) is 4.72 Å². The lowest BCUT2D eigenvalue weighted by atomic mass is 10.2. The predicted octanol–water partition coefficient (Wildman–Crippen LogP) is 3.53. The van der Waals surface area contributed by atoms with Crippen molar-refractivity contribution in [1.82, 2.24) is 4.72 Å². The maximum absolute atomic E-state index is 12.1. The molecule has 0 aromatic heterocycles. The summed E-state index contributed by atoms with van der Waals surface area (Å²) >= 11 is 0. The fraction of sp³-hybridized carbons (Fsp3) is 0.368. The van der Waals surface area contributed by atoms with Crippen molar-refractivity contribution >= 4 is 10.0 Å². The summed E-state index contributed by atoms with van der Waals surface area (Å²) in [5.41, 5.74) is 1.67. The number of hydrogen-bond acceptors (Lipinski definition) is 3. The maximum Gasteiger partial charge on any atom is 0.212 e. The Morgan fingerprint density at radius 2 is 1.54 bits per heavy atom. The van der Waals surface area contributed by atoms with Crippen molar-refractivity contribution in [2.75, 3.05) is 5.75 Å². The fourth-order valence-electron chi connectivity index (χ4n) is 2.19. The van der Waals surface area contributed by atoms with Crippen molar-refractivity contribution < 1.29 is 13.2 Å². The summed E-state index contributed by atoms with van der Waals surface area (Å²) in [6.45, 7) is 6.25.